The van der Waals surface area contributed by atoms with E-state index in [-0.39, 0.29) is 47.0 Å². The molecule has 8 aliphatic rings. The van der Waals surface area contributed by atoms with Crippen LogP contribution in [0.5, 0.6) is 11.5 Å². The summed E-state index contributed by atoms with van der Waals surface area (Å²) in [5.41, 5.74) is 14.0. The zero-order valence-electron chi connectivity index (χ0n) is 43.0. The number of rotatable bonds is 21. The number of piperidine rings is 1. The van der Waals surface area contributed by atoms with Crippen LogP contribution in [-0.4, -0.2) is 84.2 Å². The van der Waals surface area contributed by atoms with E-state index in [0.29, 0.717) is 78.5 Å². The molecule has 13 atom stereocenters. The minimum Gasteiger partial charge on any atom is -0.504 e. The molecule has 0 radical (unpaired) electrons. The van der Waals surface area contributed by atoms with Crippen molar-refractivity contribution in [3.63, 3.8) is 0 Å². The standard InChI is InChI=1S/C62H81N5O6/c1-39(69)35-66-57-31-51-26-43-17-19-56(57)62(51,34-55-54-20-22-64-36-50(54)24-46-11-6-21-65-61(46)55)33-48(43)27-53(71)32-52(70)18-16-44-29-59(73-38-68)58(72)28-47(44)25-49-37-67-60(63)30-45(49)15-14-42-10-5-9-41(23-42)13-12-40-7-3-2-4-8-40/h2-11,16,18,23,28-30,37,39,43,46,48,50-51,54-57,60-61,64-69,72H,12-15,17,19-22,24-27,31-36,38,63H2,1H3. The summed E-state index contributed by atoms with van der Waals surface area (Å²) >= 11 is 0. The first-order chi connectivity index (χ1) is 35.5. The van der Waals surface area contributed by atoms with Crippen molar-refractivity contribution in [1.82, 2.24) is 21.3 Å². The van der Waals surface area contributed by atoms with Crippen LogP contribution in [0.15, 0.2) is 108 Å². The maximum atomic E-state index is 14.2. The summed E-state index contributed by atoms with van der Waals surface area (Å²) in [5.74, 6) is 4.15. The van der Waals surface area contributed by atoms with E-state index in [1.165, 1.54) is 42.0 Å². The highest BCUT2D eigenvalue weighted by molar-refractivity contribution is 6.06. The number of nitrogens with two attached hydrogens (primary N) is 1. The van der Waals surface area contributed by atoms with Crippen LogP contribution >= 0.6 is 0 Å². The molecule has 11 nitrogen and oxygen atoms in total. The summed E-state index contributed by atoms with van der Waals surface area (Å²) in [6, 6.07) is 23.5. The van der Waals surface area contributed by atoms with Gasteiger partial charge in [-0.1, -0.05) is 72.8 Å². The molecule has 73 heavy (non-hydrogen) atoms. The Morgan fingerprint density at radius 1 is 0.945 bits per heavy atom. The van der Waals surface area contributed by atoms with Crippen LogP contribution in [0.2, 0.25) is 0 Å². The smallest absolute Gasteiger partial charge is 0.186 e. The predicted molar refractivity (Wildman–Crippen MR) is 288 cm³/mol. The number of nitrogens with one attached hydrogen (secondary N) is 4. The number of allylic oxidation sites excluding steroid dienone is 3. The quantitative estimate of drug-likeness (QED) is 0.0226. The van der Waals surface area contributed by atoms with Crippen molar-refractivity contribution in [3.8, 4) is 11.5 Å². The van der Waals surface area contributed by atoms with Gasteiger partial charge in [-0.15, -0.1) is 0 Å². The fraction of sp³-hybridized carbons (Fsp3) is 0.548. The molecule has 0 amide bonds. The Labute approximate surface area is 433 Å². The lowest BCUT2D eigenvalue weighted by molar-refractivity contribution is -0.126. The number of aryl methyl sites for hydroxylation is 3. The molecule has 9 N–H and O–H groups in total. The molecular formula is C62H81N5O6. The number of dihydropyridines is 1. The third kappa shape index (κ3) is 12.0. The van der Waals surface area contributed by atoms with E-state index in [4.69, 9.17) is 10.5 Å². The number of aliphatic hydroxyl groups excluding tert-OH is 2. The molecule has 3 aliphatic heterocycles. The third-order valence-corrected chi connectivity index (χ3v) is 18.8. The number of hydrogen-bond acceptors (Lipinski definition) is 11. The fourth-order valence-electron chi connectivity index (χ4n) is 15.6. The highest BCUT2D eigenvalue weighted by Crippen LogP contribution is 2.67. The van der Waals surface area contributed by atoms with Gasteiger partial charge in [0.15, 0.2) is 24.1 Å². The van der Waals surface area contributed by atoms with Crippen LogP contribution in [0.1, 0.15) is 105 Å². The Balaban J connectivity index is 0.821. The van der Waals surface area contributed by atoms with Gasteiger partial charge in [-0.3, -0.25) is 9.59 Å². The van der Waals surface area contributed by atoms with Crippen molar-refractivity contribution in [2.24, 2.45) is 58.5 Å². The molecule has 11 rings (SSSR count). The average molecular weight is 992 g/mol. The molecule has 1 saturated heterocycles. The molecule has 5 aliphatic carbocycles. The van der Waals surface area contributed by atoms with Crippen molar-refractivity contribution in [1.29, 1.82) is 0 Å². The fourth-order valence-corrected chi connectivity index (χ4v) is 15.6. The number of aliphatic hydroxyl groups is 2. The first kappa shape index (κ1) is 51.6. The number of fused-ring (bicyclic) bond motifs is 4. The molecule has 3 heterocycles. The molecular weight excluding hydrogens is 911 g/mol. The molecule has 11 heteroatoms. The van der Waals surface area contributed by atoms with Crippen LogP contribution in [-0.2, 0) is 35.3 Å². The number of carbonyl (C=O) groups is 2. The van der Waals surface area contributed by atoms with Crippen molar-refractivity contribution in [3.05, 3.63) is 136 Å². The van der Waals surface area contributed by atoms with Crippen molar-refractivity contribution in [2.75, 3.05) is 33.0 Å². The minimum absolute atomic E-state index is 0.00947. The molecule has 4 bridgehead atoms. The largest absolute Gasteiger partial charge is 0.504 e. The lowest BCUT2D eigenvalue weighted by atomic mass is 9.52. The molecule has 390 valence electrons. The second kappa shape index (κ2) is 23.3. The van der Waals surface area contributed by atoms with Crippen LogP contribution in [0, 0.1) is 52.8 Å². The van der Waals surface area contributed by atoms with Gasteiger partial charge in [0, 0.05) is 37.8 Å². The summed E-state index contributed by atoms with van der Waals surface area (Å²) in [5, 5.41) is 46.0. The van der Waals surface area contributed by atoms with Gasteiger partial charge in [-0.2, -0.15) is 0 Å². The number of ether oxygens (including phenoxy) is 1. The molecule has 13 unspecified atom stereocenters. The van der Waals surface area contributed by atoms with Crippen LogP contribution in [0.3, 0.4) is 0 Å². The van der Waals surface area contributed by atoms with E-state index in [1.807, 2.05) is 19.2 Å². The summed E-state index contributed by atoms with van der Waals surface area (Å²) in [7, 11) is 0. The van der Waals surface area contributed by atoms with E-state index in [0.717, 1.165) is 94.1 Å². The highest BCUT2D eigenvalue weighted by Gasteiger charge is 2.62. The second-order valence-corrected chi connectivity index (χ2v) is 23.3. The first-order valence-electron chi connectivity index (χ1n) is 27.9. The Hall–Kier alpha value is -4.88. The van der Waals surface area contributed by atoms with Crippen molar-refractivity contribution in [2.45, 2.75) is 128 Å². The van der Waals surface area contributed by atoms with Gasteiger partial charge in [-0.05, 0) is 219 Å². The Morgan fingerprint density at radius 2 is 1.75 bits per heavy atom. The molecule has 5 saturated carbocycles. The maximum absolute atomic E-state index is 14.2. The van der Waals surface area contributed by atoms with E-state index in [2.05, 4.69) is 88.0 Å². The third-order valence-electron chi connectivity index (χ3n) is 18.8. The van der Waals surface area contributed by atoms with E-state index in [1.54, 1.807) is 18.2 Å². The summed E-state index contributed by atoms with van der Waals surface area (Å²) in [4.78, 5) is 28.1. The van der Waals surface area contributed by atoms with E-state index in [9.17, 15) is 24.9 Å². The van der Waals surface area contributed by atoms with Gasteiger partial charge in [0.1, 0.15) is 5.78 Å². The topological polar surface area (TPSA) is 178 Å². The van der Waals surface area contributed by atoms with Gasteiger partial charge in [-0.25, -0.2) is 0 Å². The average Bonchev–Trinajstić information content (AvgIpc) is 3.47. The zero-order chi connectivity index (χ0) is 50.5. The number of ketones is 2. The van der Waals surface area contributed by atoms with Gasteiger partial charge >= 0.3 is 0 Å². The molecule has 3 aromatic rings. The lowest BCUT2D eigenvalue weighted by Crippen LogP contribution is -2.58. The monoisotopic (exact) mass is 992 g/mol. The molecule has 6 fully saturated rings. The normalized spacial score (nSPS) is 31.7. The van der Waals surface area contributed by atoms with Gasteiger partial charge in [0.05, 0.1) is 18.7 Å². The Bertz CT molecular complexity index is 2540. The van der Waals surface area contributed by atoms with Crippen LogP contribution in [0.4, 0.5) is 0 Å². The first-order valence-corrected chi connectivity index (χ1v) is 27.9. The van der Waals surface area contributed by atoms with E-state index >= 15 is 0 Å². The van der Waals surface area contributed by atoms with Crippen molar-refractivity contribution >= 4 is 17.6 Å². The highest BCUT2D eigenvalue weighted by atomic mass is 16.6. The summed E-state index contributed by atoms with van der Waals surface area (Å²) in [6.07, 6.45) is 24.9. The van der Waals surface area contributed by atoms with Crippen LogP contribution in [0.25, 0.3) is 6.08 Å². The number of hydrogen-bond donors (Lipinski definition) is 8. The maximum Gasteiger partial charge on any atom is 0.186 e. The number of phenolic OH excluding ortho intramolecular Hbond substituents is 1. The molecule has 3 aromatic carbocycles. The summed E-state index contributed by atoms with van der Waals surface area (Å²) in [6.45, 7) is 5.01. The molecule has 0 spiro atoms. The Morgan fingerprint density at radius 3 is 2.58 bits per heavy atom. The second-order valence-electron chi connectivity index (χ2n) is 23.3. The number of Topliss-reactive ketones (excluding diaryl/α,β-unsaturated/α-hetero) is 1. The Kier molecular flexibility index (Phi) is 16.5. The SMILES string of the molecule is CC(O)CNC1CC2CC3CCC1C2(CC1C2CCNCC2CC2C=CCNC21)CC3CC(=O)CC(=O)C=Cc1cc(OCO)c(O)cc1CC1=CNC(N)C=C1CCc1cccc(CCc2ccccc2)c1. The minimum atomic E-state index is -0.616. The number of phenols is 1. The predicted octanol–water partition coefficient (Wildman–Crippen LogP) is 7.87. The number of aromatic hydroxyl groups is 1. The van der Waals surface area contributed by atoms with Crippen molar-refractivity contribution < 1.29 is 29.6 Å². The van der Waals surface area contributed by atoms with Crippen LogP contribution < -0.4 is 31.7 Å². The zero-order valence-corrected chi connectivity index (χ0v) is 43.0. The lowest BCUT2D eigenvalue weighted by Gasteiger charge is -2.55. The van der Waals surface area contributed by atoms with Gasteiger partial charge in [0.2, 0.25) is 0 Å². The molecule has 0 aromatic heterocycles. The van der Waals surface area contributed by atoms with E-state index < -0.39 is 12.9 Å². The van der Waals surface area contributed by atoms with Gasteiger partial charge in [0.25, 0.3) is 0 Å². The van der Waals surface area contributed by atoms with Gasteiger partial charge < -0.3 is 47.1 Å². The number of benzene rings is 3. The number of carbonyl (C=O) groups excluding carboxylic acids is 2. The summed E-state index contributed by atoms with van der Waals surface area (Å²) < 4.78 is 5.40.